The van der Waals surface area contributed by atoms with Crippen molar-refractivity contribution < 1.29 is 19.1 Å². The second kappa shape index (κ2) is 8.28. The van der Waals surface area contributed by atoms with Crippen LogP contribution in [-0.4, -0.2) is 73.7 Å². The van der Waals surface area contributed by atoms with Crippen LogP contribution in [0.15, 0.2) is 24.3 Å². The van der Waals surface area contributed by atoms with Crippen LogP contribution in [0.2, 0.25) is 0 Å². The van der Waals surface area contributed by atoms with E-state index in [1.165, 1.54) is 0 Å². The second-order valence-electron chi connectivity index (χ2n) is 7.18. The summed E-state index contributed by atoms with van der Waals surface area (Å²) >= 11 is 0. The second-order valence-corrected chi connectivity index (χ2v) is 7.18. The van der Waals surface area contributed by atoms with Crippen LogP contribution < -0.4 is 10.2 Å². The van der Waals surface area contributed by atoms with Crippen LogP contribution in [0.3, 0.4) is 0 Å². The first kappa shape index (κ1) is 19.0. The van der Waals surface area contributed by atoms with Crippen LogP contribution in [-0.2, 0) is 4.74 Å². The van der Waals surface area contributed by atoms with Gasteiger partial charge in [0.2, 0.25) is 0 Å². The number of nitrogens with one attached hydrogen (secondary N) is 1. The molecule has 0 saturated carbocycles. The Morgan fingerprint density at radius 2 is 1.81 bits per heavy atom. The summed E-state index contributed by atoms with van der Waals surface area (Å²) in [6, 6.07) is 6.96. The third-order valence-corrected chi connectivity index (χ3v) is 4.63. The van der Waals surface area contributed by atoms with E-state index >= 15 is 0 Å². The maximum absolute atomic E-state index is 12.8. The Hall–Kier alpha value is -2.77. The molecule has 1 N–H and O–H groups in total. The number of carbonyl (C=O) groups excluding carboxylic acids is 3. The zero-order valence-corrected chi connectivity index (χ0v) is 15.8. The van der Waals surface area contributed by atoms with Gasteiger partial charge in [-0.3, -0.25) is 9.69 Å². The van der Waals surface area contributed by atoms with Gasteiger partial charge in [-0.25, -0.2) is 9.59 Å². The number of benzene rings is 1. The van der Waals surface area contributed by atoms with Gasteiger partial charge in [0.25, 0.3) is 5.91 Å². The molecule has 0 aliphatic carbocycles. The van der Waals surface area contributed by atoms with Gasteiger partial charge >= 0.3 is 12.1 Å². The van der Waals surface area contributed by atoms with E-state index in [0.29, 0.717) is 63.0 Å². The van der Waals surface area contributed by atoms with Gasteiger partial charge < -0.3 is 19.9 Å². The fraction of sp³-hybridized carbons (Fsp3) is 0.526. The average molecular weight is 374 g/mol. The van der Waals surface area contributed by atoms with E-state index in [2.05, 4.69) is 5.32 Å². The van der Waals surface area contributed by atoms with Gasteiger partial charge in [-0.1, -0.05) is 19.9 Å². The predicted octanol–water partition coefficient (Wildman–Crippen LogP) is 1.77. The Bertz CT molecular complexity index is 713. The molecule has 0 spiro atoms. The van der Waals surface area contributed by atoms with Crippen LogP contribution in [0, 0.1) is 5.92 Å². The molecule has 2 aliphatic heterocycles. The number of ether oxygens (including phenoxy) is 1. The standard InChI is InChI=1S/C19H26N4O4/c1-14(2)13-27-19(26)22-10-8-21(9-11-22)17(24)15-4-3-5-16(12-15)23-7-6-20-18(23)25/h3-5,12,14H,6-11,13H2,1-2H3,(H,20,25). The highest BCUT2D eigenvalue weighted by atomic mass is 16.6. The Morgan fingerprint density at radius 1 is 1.11 bits per heavy atom. The van der Waals surface area contributed by atoms with Gasteiger partial charge in [-0.15, -0.1) is 0 Å². The molecule has 27 heavy (non-hydrogen) atoms. The molecular formula is C19H26N4O4. The van der Waals surface area contributed by atoms with E-state index in [0.717, 1.165) is 0 Å². The number of piperazine rings is 1. The molecule has 8 nitrogen and oxygen atoms in total. The minimum absolute atomic E-state index is 0.0911. The minimum atomic E-state index is -0.321. The third kappa shape index (κ3) is 4.50. The van der Waals surface area contributed by atoms with Crippen LogP contribution in [0.5, 0.6) is 0 Å². The normalized spacial score (nSPS) is 17.3. The Balaban J connectivity index is 1.58. The quantitative estimate of drug-likeness (QED) is 0.871. The maximum atomic E-state index is 12.8. The number of amides is 4. The van der Waals surface area contributed by atoms with Crippen molar-refractivity contribution in [3.8, 4) is 0 Å². The van der Waals surface area contributed by atoms with Crippen LogP contribution in [0.4, 0.5) is 15.3 Å². The van der Waals surface area contributed by atoms with Crippen molar-refractivity contribution in [3.63, 3.8) is 0 Å². The zero-order chi connectivity index (χ0) is 19.4. The van der Waals surface area contributed by atoms with Crippen molar-refractivity contribution in [1.29, 1.82) is 0 Å². The molecule has 1 aromatic carbocycles. The number of hydrogen-bond acceptors (Lipinski definition) is 4. The lowest BCUT2D eigenvalue weighted by Crippen LogP contribution is -2.50. The van der Waals surface area contributed by atoms with E-state index < -0.39 is 0 Å². The fourth-order valence-electron chi connectivity index (χ4n) is 3.13. The van der Waals surface area contributed by atoms with Crippen molar-refractivity contribution in [1.82, 2.24) is 15.1 Å². The van der Waals surface area contributed by atoms with Crippen LogP contribution >= 0.6 is 0 Å². The molecule has 2 saturated heterocycles. The summed E-state index contributed by atoms with van der Waals surface area (Å²) in [5.74, 6) is 0.202. The number of anilines is 1. The molecule has 0 atom stereocenters. The van der Waals surface area contributed by atoms with Crippen molar-refractivity contribution in [3.05, 3.63) is 29.8 Å². The van der Waals surface area contributed by atoms with Gasteiger partial charge in [-0.05, 0) is 24.1 Å². The minimum Gasteiger partial charge on any atom is -0.449 e. The Kier molecular flexibility index (Phi) is 5.83. The topological polar surface area (TPSA) is 82.2 Å². The Morgan fingerprint density at radius 3 is 2.44 bits per heavy atom. The van der Waals surface area contributed by atoms with Gasteiger partial charge in [-0.2, -0.15) is 0 Å². The molecule has 0 unspecified atom stereocenters. The zero-order valence-electron chi connectivity index (χ0n) is 15.8. The van der Waals surface area contributed by atoms with Gasteiger partial charge in [0, 0.05) is 50.5 Å². The lowest BCUT2D eigenvalue weighted by molar-refractivity contribution is 0.0535. The van der Waals surface area contributed by atoms with Crippen molar-refractivity contribution in [2.75, 3.05) is 50.8 Å². The molecule has 0 radical (unpaired) electrons. The van der Waals surface area contributed by atoms with Gasteiger partial charge in [0.15, 0.2) is 0 Å². The predicted molar refractivity (Wildman–Crippen MR) is 101 cm³/mol. The van der Waals surface area contributed by atoms with Gasteiger partial charge in [0.05, 0.1) is 6.61 Å². The summed E-state index contributed by atoms with van der Waals surface area (Å²) in [6.07, 6.45) is -0.321. The molecule has 3 rings (SSSR count). The molecule has 2 aliphatic rings. The lowest BCUT2D eigenvalue weighted by atomic mass is 10.1. The summed E-state index contributed by atoms with van der Waals surface area (Å²) in [5.41, 5.74) is 1.26. The summed E-state index contributed by atoms with van der Waals surface area (Å²) in [7, 11) is 0. The summed E-state index contributed by atoms with van der Waals surface area (Å²) in [6.45, 7) is 7.41. The van der Waals surface area contributed by atoms with Gasteiger partial charge in [0.1, 0.15) is 0 Å². The number of rotatable bonds is 4. The monoisotopic (exact) mass is 374 g/mol. The molecule has 0 bridgehead atoms. The lowest BCUT2D eigenvalue weighted by Gasteiger charge is -2.34. The molecule has 0 aromatic heterocycles. The molecule has 2 heterocycles. The van der Waals surface area contributed by atoms with E-state index in [9.17, 15) is 14.4 Å². The van der Waals surface area contributed by atoms with Crippen molar-refractivity contribution in [2.24, 2.45) is 5.92 Å². The maximum Gasteiger partial charge on any atom is 0.409 e. The number of urea groups is 1. The largest absolute Gasteiger partial charge is 0.449 e. The number of carbonyl (C=O) groups is 3. The molecule has 4 amide bonds. The first-order valence-corrected chi connectivity index (χ1v) is 9.32. The Labute approximate surface area is 159 Å². The number of nitrogens with zero attached hydrogens (tertiary/aromatic N) is 3. The van der Waals surface area contributed by atoms with Crippen LogP contribution in [0.1, 0.15) is 24.2 Å². The SMILES string of the molecule is CC(C)COC(=O)N1CCN(C(=O)c2cccc(N3CCNC3=O)c2)CC1. The summed E-state index contributed by atoms with van der Waals surface area (Å²) in [5, 5.41) is 2.76. The summed E-state index contributed by atoms with van der Waals surface area (Å²) in [4.78, 5) is 41.7. The molecule has 1 aromatic rings. The van der Waals surface area contributed by atoms with Crippen molar-refractivity contribution in [2.45, 2.75) is 13.8 Å². The number of hydrogen-bond donors (Lipinski definition) is 1. The highest BCUT2D eigenvalue weighted by Gasteiger charge is 2.27. The molecule has 146 valence electrons. The third-order valence-electron chi connectivity index (χ3n) is 4.63. The van der Waals surface area contributed by atoms with E-state index in [1.54, 1.807) is 32.9 Å². The molecular weight excluding hydrogens is 348 g/mol. The van der Waals surface area contributed by atoms with E-state index in [1.807, 2.05) is 19.9 Å². The van der Waals surface area contributed by atoms with Crippen LogP contribution in [0.25, 0.3) is 0 Å². The van der Waals surface area contributed by atoms with E-state index in [4.69, 9.17) is 4.74 Å². The summed E-state index contributed by atoms with van der Waals surface area (Å²) < 4.78 is 5.25. The smallest absolute Gasteiger partial charge is 0.409 e. The molecule has 2 fully saturated rings. The van der Waals surface area contributed by atoms with Crippen molar-refractivity contribution >= 4 is 23.7 Å². The highest BCUT2D eigenvalue weighted by molar-refractivity contribution is 5.98. The molecule has 8 heteroatoms. The average Bonchev–Trinajstić information content (AvgIpc) is 3.11. The first-order chi connectivity index (χ1) is 13.0. The highest BCUT2D eigenvalue weighted by Crippen LogP contribution is 2.20. The fourth-order valence-corrected chi connectivity index (χ4v) is 3.13. The first-order valence-electron chi connectivity index (χ1n) is 9.32. The van der Waals surface area contributed by atoms with E-state index in [-0.39, 0.29) is 18.0 Å².